The van der Waals surface area contributed by atoms with E-state index in [9.17, 15) is 9.59 Å². The van der Waals surface area contributed by atoms with Crippen molar-refractivity contribution in [1.82, 2.24) is 9.88 Å². The van der Waals surface area contributed by atoms with Gasteiger partial charge in [-0.2, -0.15) is 0 Å². The fraction of sp³-hybridized carbons (Fsp3) is 0.450. The quantitative estimate of drug-likeness (QED) is 0.745. The van der Waals surface area contributed by atoms with Gasteiger partial charge >= 0.3 is 6.09 Å². The fourth-order valence-corrected chi connectivity index (χ4v) is 3.97. The molecular weight excluding hydrogens is 392 g/mol. The van der Waals surface area contributed by atoms with Crippen LogP contribution in [0.3, 0.4) is 0 Å². The lowest BCUT2D eigenvalue weighted by molar-refractivity contribution is -0.0707. The van der Waals surface area contributed by atoms with E-state index in [0.717, 1.165) is 25.3 Å². The summed E-state index contributed by atoms with van der Waals surface area (Å²) in [4.78, 5) is 30.9. The summed E-state index contributed by atoms with van der Waals surface area (Å²) >= 11 is 1.39. The van der Waals surface area contributed by atoms with Crippen LogP contribution in [-0.2, 0) is 16.0 Å². The molecule has 1 fully saturated rings. The number of amides is 2. The Kier molecular flexibility index (Phi) is 7.18. The molecule has 0 bridgehead atoms. The molecule has 0 radical (unpaired) electrons. The molecule has 2 N–H and O–H groups in total. The Morgan fingerprint density at radius 3 is 2.76 bits per heavy atom. The van der Waals surface area contributed by atoms with Crippen LogP contribution in [0.1, 0.15) is 36.8 Å². The van der Waals surface area contributed by atoms with Gasteiger partial charge in [0.05, 0.1) is 24.5 Å². The van der Waals surface area contributed by atoms with Gasteiger partial charge in [-0.05, 0) is 39.0 Å². The van der Waals surface area contributed by atoms with Crippen molar-refractivity contribution in [3.05, 3.63) is 40.9 Å². The molecule has 1 saturated heterocycles. The number of rotatable bonds is 6. The van der Waals surface area contributed by atoms with E-state index in [2.05, 4.69) is 34.4 Å². The molecule has 0 saturated carbocycles. The second kappa shape index (κ2) is 9.82. The SMILES string of the molecule is CCOC(=O)Nc1cccc(C(=O)Nc2nc(CN3C[C@@H](C)O[C@H](C)C3)cs2)c1. The van der Waals surface area contributed by atoms with Gasteiger partial charge in [-0.1, -0.05) is 6.07 Å². The Hall–Kier alpha value is -2.49. The van der Waals surface area contributed by atoms with Crippen LogP contribution >= 0.6 is 11.3 Å². The summed E-state index contributed by atoms with van der Waals surface area (Å²) in [6.45, 7) is 8.60. The van der Waals surface area contributed by atoms with Crippen LogP contribution in [0.2, 0.25) is 0 Å². The molecule has 1 aliphatic heterocycles. The smallest absolute Gasteiger partial charge is 0.411 e. The monoisotopic (exact) mass is 418 g/mol. The highest BCUT2D eigenvalue weighted by molar-refractivity contribution is 7.14. The van der Waals surface area contributed by atoms with E-state index in [1.165, 1.54) is 11.3 Å². The van der Waals surface area contributed by atoms with Crippen molar-refractivity contribution in [2.75, 3.05) is 30.3 Å². The number of hydrogen-bond donors (Lipinski definition) is 2. The van der Waals surface area contributed by atoms with E-state index >= 15 is 0 Å². The standard InChI is InChI=1S/C20H26N4O4S/c1-4-27-20(26)22-16-7-5-6-15(8-16)18(25)23-19-21-17(12-29-19)11-24-9-13(2)28-14(3)10-24/h5-8,12-14H,4,9-11H2,1-3H3,(H,22,26)(H,21,23,25)/t13-,14-/m1/s1. The second-order valence-electron chi connectivity index (χ2n) is 6.98. The number of benzene rings is 1. The average Bonchev–Trinajstić information content (AvgIpc) is 3.08. The molecule has 9 heteroatoms. The lowest BCUT2D eigenvalue weighted by atomic mass is 10.2. The zero-order chi connectivity index (χ0) is 20.8. The van der Waals surface area contributed by atoms with Gasteiger partial charge in [0, 0.05) is 36.3 Å². The maximum atomic E-state index is 12.5. The van der Waals surface area contributed by atoms with Crippen LogP contribution in [0.25, 0.3) is 0 Å². The molecule has 2 aromatic rings. The first-order valence-electron chi connectivity index (χ1n) is 9.60. The van der Waals surface area contributed by atoms with Crippen molar-refractivity contribution in [2.45, 2.75) is 39.5 Å². The number of carbonyl (C=O) groups is 2. The van der Waals surface area contributed by atoms with Gasteiger partial charge in [0.2, 0.25) is 0 Å². The summed E-state index contributed by atoms with van der Waals surface area (Å²) in [6, 6.07) is 6.66. The Morgan fingerprint density at radius 2 is 2.03 bits per heavy atom. The summed E-state index contributed by atoms with van der Waals surface area (Å²) in [5.41, 5.74) is 1.84. The van der Waals surface area contributed by atoms with Gasteiger partial charge in [-0.15, -0.1) is 11.3 Å². The number of thiazole rings is 1. The number of anilines is 2. The first kappa shape index (κ1) is 21.2. The number of ether oxygens (including phenoxy) is 2. The third-order valence-electron chi connectivity index (χ3n) is 4.30. The second-order valence-corrected chi connectivity index (χ2v) is 7.83. The molecule has 2 atom stereocenters. The van der Waals surface area contributed by atoms with Crippen LogP contribution in [-0.4, -0.2) is 53.8 Å². The molecule has 2 amide bonds. The first-order chi connectivity index (χ1) is 13.9. The van der Waals surface area contributed by atoms with E-state index in [1.54, 1.807) is 31.2 Å². The topological polar surface area (TPSA) is 92.8 Å². The molecule has 0 spiro atoms. The van der Waals surface area contributed by atoms with Gasteiger partial charge in [0.1, 0.15) is 0 Å². The normalized spacial score (nSPS) is 19.6. The van der Waals surface area contributed by atoms with Crippen LogP contribution in [0.5, 0.6) is 0 Å². The average molecular weight is 419 g/mol. The van der Waals surface area contributed by atoms with Crippen LogP contribution in [0.4, 0.5) is 15.6 Å². The predicted molar refractivity (Wildman–Crippen MR) is 112 cm³/mol. The molecule has 3 rings (SSSR count). The fourth-order valence-electron chi connectivity index (χ4n) is 3.27. The zero-order valence-corrected chi connectivity index (χ0v) is 17.6. The van der Waals surface area contributed by atoms with Crippen molar-refractivity contribution in [3.8, 4) is 0 Å². The van der Waals surface area contributed by atoms with Crippen LogP contribution in [0, 0.1) is 0 Å². The van der Waals surface area contributed by atoms with Crippen LogP contribution in [0.15, 0.2) is 29.6 Å². The molecule has 0 unspecified atom stereocenters. The highest BCUT2D eigenvalue weighted by atomic mass is 32.1. The minimum Gasteiger partial charge on any atom is -0.450 e. The Bertz CT molecular complexity index is 847. The Labute approximate surface area is 174 Å². The molecule has 1 aromatic carbocycles. The predicted octanol–water partition coefficient (Wildman–Crippen LogP) is 3.57. The minimum atomic E-state index is -0.554. The summed E-state index contributed by atoms with van der Waals surface area (Å²) in [6.07, 6.45) is -0.152. The maximum Gasteiger partial charge on any atom is 0.411 e. The molecule has 156 valence electrons. The van der Waals surface area contributed by atoms with E-state index in [0.29, 0.717) is 16.4 Å². The van der Waals surface area contributed by atoms with Crippen molar-refractivity contribution in [1.29, 1.82) is 0 Å². The Balaban J connectivity index is 1.58. The number of hydrogen-bond acceptors (Lipinski definition) is 7. The summed E-state index contributed by atoms with van der Waals surface area (Å²) in [5.74, 6) is -0.285. The molecule has 0 aliphatic carbocycles. The van der Waals surface area contributed by atoms with Crippen molar-refractivity contribution in [2.24, 2.45) is 0 Å². The highest BCUT2D eigenvalue weighted by Crippen LogP contribution is 2.20. The van der Waals surface area contributed by atoms with Crippen molar-refractivity contribution < 1.29 is 19.1 Å². The molecule has 1 aromatic heterocycles. The van der Waals surface area contributed by atoms with E-state index in [4.69, 9.17) is 9.47 Å². The van der Waals surface area contributed by atoms with E-state index in [-0.39, 0.29) is 24.7 Å². The number of nitrogens with one attached hydrogen (secondary N) is 2. The van der Waals surface area contributed by atoms with Gasteiger partial charge in [-0.25, -0.2) is 9.78 Å². The summed E-state index contributed by atoms with van der Waals surface area (Å²) in [5, 5.41) is 7.91. The molecule has 2 heterocycles. The van der Waals surface area contributed by atoms with E-state index < -0.39 is 6.09 Å². The first-order valence-corrected chi connectivity index (χ1v) is 10.5. The molecular formula is C20H26N4O4S. The highest BCUT2D eigenvalue weighted by Gasteiger charge is 2.23. The number of morpholine rings is 1. The zero-order valence-electron chi connectivity index (χ0n) is 16.8. The third-order valence-corrected chi connectivity index (χ3v) is 5.11. The molecule has 1 aliphatic rings. The molecule has 29 heavy (non-hydrogen) atoms. The minimum absolute atomic E-state index is 0.201. The van der Waals surface area contributed by atoms with Gasteiger partial charge in [0.15, 0.2) is 5.13 Å². The summed E-state index contributed by atoms with van der Waals surface area (Å²) < 4.78 is 10.6. The van der Waals surface area contributed by atoms with Gasteiger partial charge in [-0.3, -0.25) is 20.3 Å². The Morgan fingerprint density at radius 1 is 1.28 bits per heavy atom. The largest absolute Gasteiger partial charge is 0.450 e. The van der Waals surface area contributed by atoms with Crippen molar-refractivity contribution >= 4 is 34.2 Å². The molecule has 8 nitrogen and oxygen atoms in total. The lowest BCUT2D eigenvalue weighted by Gasteiger charge is -2.34. The van der Waals surface area contributed by atoms with Crippen molar-refractivity contribution in [3.63, 3.8) is 0 Å². The summed E-state index contributed by atoms with van der Waals surface area (Å²) in [7, 11) is 0. The third kappa shape index (κ3) is 6.25. The number of nitrogens with zero attached hydrogens (tertiary/aromatic N) is 2. The van der Waals surface area contributed by atoms with Crippen LogP contribution < -0.4 is 10.6 Å². The van der Waals surface area contributed by atoms with Gasteiger partial charge in [0.25, 0.3) is 5.91 Å². The van der Waals surface area contributed by atoms with E-state index in [1.807, 2.05) is 5.38 Å². The van der Waals surface area contributed by atoms with Gasteiger partial charge < -0.3 is 9.47 Å². The lowest BCUT2D eigenvalue weighted by Crippen LogP contribution is -2.44. The number of aromatic nitrogens is 1. The number of carbonyl (C=O) groups excluding carboxylic acids is 2. The maximum absolute atomic E-state index is 12.5.